The van der Waals surface area contributed by atoms with Crippen molar-refractivity contribution < 1.29 is 8.42 Å². The van der Waals surface area contributed by atoms with E-state index in [1.54, 1.807) is 17.0 Å². The summed E-state index contributed by atoms with van der Waals surface area (Å²) in [7, 11) is 1.76. The fourth-order valence-corrected chi connectivity index (χ4v) is 1.74. The van der Waals surface area contributed by atoms with Crippen LogP contribution in [0.1, 0.15) is 0 Å². The highest BCUT2D eigenvalue weighted by Crippen LogP contribution is 2.01. The first-order chi connectivity index (χ1) is 6.93. The Labute approximate surface area is 90.0 Å². The molecule has 1 N–H and O–H groups in total. The summed E-state index contributed by atoms with van der Waals surface area (Å²) < 4.78 is 25.8. The van der Waals surface area contributed by atoms with Crippen molar-refractivity contribution in [3.63, 3.8) is 0 Å². The van der Waals surface area contributed by atoms with E-state index in [0.29, 0.717) is 12.5 Å². The first kappa shape index (κ1) is 12.0. The Morgan fingerprint density at radius 2 is 2.20 bits per heavy atom. The summed E-state index contributed by atoms with van der Waals surface area (Å²) in [5.74, 6) is 0.733. The SMILES string of the molecule is CN(C)S(=O)(=O)CCNc1nccn1C. The minimum Gasteiger partial charge on any atom is -0.355 e. The minimum absolute atomic E-state index is 0.0624. The summed E-state index contributed by atoms with van der Waals surface area (Å²) in [5, 5.41) is 2.95. The molecule has 0 fully saturated rings. The van der Waals surface area contributed by atoms with E-state index in [4.69, 9.17) is 0 Å². The van der Waals surface area contributed by atoms with Crippen LogP contribution in [0.25, 0.3) is 0 Å². The smallest absolute Gasteiger partial charge is 0.215 e. The van der Waals surface area contributed by atoms with Gasteiger partial charge < -0.3 is 9.88 Å². The van der Waals surface area contributed by atoms with Gasteiger partial charge in [0.2, 0.25) is 16.0 Å². The molecule has 6 nitrogen and oxygen atoms in total. The molecular weight excluding hydrogens is 216 g/mol. The molecule has 1 aromatic heterocycles. The van der Waals surface area contributed by atoms with Crippen molar-refractivity contribution in [2.24, 2.45) is 7.05 Å². The normalized spacial score (nSPS) is 12.0. The van der Waals surface area contributed by atoms with Crippen LogP contribution in [-0.2, 0) is 17.1 Å². The largest absolute Gasteiger partial charge is 0.355 e. The molecule has 0 amide bonds. The predicted octanol–water partition coefficient (Wildman–Crippen LogP) is -0.277. The maximum Gasteiger partial charge on any atom is 0.215 e. The third-order valence-electron chi connectivity index (χ3n) is 2.02. The third-order valence-corrected chi connectivity index (χ3v) is 3.85. The Hall–Kier alpha value is -1.08. The first-order valence-electron chi connectivity index (χ1n) is 4.55. The molecule has 0 saturated carbocycles. The zero-order chi connectivity index (χ0) is 11.5. The van der Waals surface area contributed by atoms with Gasteiger partial charge in [0.25, 0.3) is 0 Å². The molecule has 0 aliphatic heterocycles. The standard InChI is InChI=1S/C8H16N4O2S/c1-11(2)15(13,14)7-5-10-8-9-4-6-12(8)3/h4,6H,5,7H2,1-3H3,(H,9,10). The van der Waals surface area contributed by atoms with Crippen LogP contribution < -0.4 is 5.32 Å². The second-order valence-corrected chi connectivity index (χ2v) is 5.69. The van der Waals surface area contributed by atoms with E-state index in [-0.39, 0.29) is 5.75 Å². The van der Waals surface area contributed by atoms with Gasteiger partial charge in [-0.3, -0.25) is 0 Å². The van der Waals surface area contributed by atoms with Gasteiger partial charge in [-0.25, -0.2) is 17.7 Å². The van der Waals surface area contributed by atoms with Gasteiger partial charge in [-0.2, -0.15) is 0 Å². The van der Waals surface area contributed by atoms with E-state index >= 15 is 0 Å². The van der Waals surface area contributed by atoms with Crippen molar-refractivity contribution in [1.82, 2.24) is 13.9 Å². The maximum absolute atomic E-state index is 11.4. The molecule has 0 aliphatic carbocycles. The molecule has 15 heavy (non-hydrogen) atoms. The highest BCUT2D eigenvalue weighted by molar-refractivity contribution is 7.89. The van der Waals surface area contributed by atoms with Gasteiger partial charge >= 0.3 is 0 Å². The van der Waals surface area contributed by atoms with Crippen LogP contribution in [0.5, 0.6) is 0 Å². The molecule has 7 heteroatoms. The van der Waals surface area contributed by atoms with Gasteiger partial charge in [0.05, 0.1) is 5.75 Å². The summed E-state index contributed by atoms with van der Waals surface area (Å²) >= 11 is 0. The molecule has 0 saturated heterocycles. The van der Waals surface area contributed by atoms with Gasteiger partial charge in [0.1, 0.15) is 0 Å². The van der Waals surface area contributed by atoms with Crippen molar-refractivity contribution >= 4 is 16.0 Å². The molecule has 0 unspecified atom stereocenters. The monoisotopic (exact) mass is 232 g/mol. The van der Waals surface area contributed by atoms with Gasteiger partial charge in [-0.1, -0.05) is 0 Å². The fourth-order valence-electron chi connectivity index (χ4n) is 1.01. The summed E-state index contributed by atoms with van der Waals surface area (Å²) in [4.78, 5) is 4.02. The number of nitrogens with one attached hydrogen (secondary N) is 1. The van der Waals surface area contributed by atoms with E-state index in [1.807, 2.05) is 7.05 Å². The molecule has 0 aromatic carbocycles. The molecule has 1 heterocycles. The lowest BCUT2D eigenvalue weighted by Crippen LogP contribution is -2.28. The van der Waals surface area contributed by atoms with Crippen molar-refractivity contribution in [2.75, 3.05) is 31.7 Å². The highest BCUT2D eigenvalue weighted by atomic mass is 32.2. The number of hydrogen-bond acceptors (Lipinski definition) is 4. The second kappa shape index (κ2) is 4.63. The van der Waals surface area contributed by atoms with Gasteiger partial charge in [-0.15, -0.1) is 0 Å². The fraction of sp³-hybridized carbons (Fsp3) is 0.625. The zero-order valence-corrected chi connectivity index (χ0v) is 9.95. The zero-order valence-electron chi connectivity index (χ0n) is 9.14. The molecule has 0 radical (unpaired) electrons. The Bertz CT molecular complexity index is 410. The molecule has 0 aliphatic rings. The quantitative estimate of drug-likeness (QED) is 0.758. The lowest BCUT2D eigenvalue weighted by atomic mass is 10.7. The van der Waals surface area contributed by atoms with Crippen molar-refractivity contribution in [2.45, 2.75) is 0 Å². The topological polar surface area (TPSA) is 67.2 Å². The van der Waals surface area contributed by atoms with Crippen LogP contribution in [0, 0.1) is 0 Å². The number of aryl methyl sites for hydroxylation is 1. The van der Waals surface area contributed by atoms with Crippen LogP contribution in [0.2, 0.25) is 0 Å². The minimum atomic E-state index is -3.13. The van der Waals surface area contributed by atoms with E-state index < -0.39 is 10.0 Å². The van der Waals surface area contributed by atoms with E-state index in [9.17, 15) is 8.42 Å². The predicted molar refractivity (Wildman–Crippen MR) is 59.2 cm³/mol. The van der Waals surface area contributed by atoms with Crippen molar-refractivity contribution in [1.29, 1.82) is 0 Å². The average molecular weight is 232 g/mol. The Morgan fingerprint density at radius 3 is 2.67 bits per heavy atom. The molecule has 0 atom stereocenters. The lowest BCUT2D eigenvalue weighted by molar-refractivity contribution is 0.521. The van der Waals surface area contributed by atoms with E-state index in [1.165, 1.54) is 18.4 Å². The van der Waals surface area contributed by atoms with Gasteiger partial charge in [-0.05, 0) is 0 Å². The molecule has 0 spiro atoms. The summed E-state index contributed by atoms with van der Waals surface area (Å²) in [6.45, 7) is 0.353. The van der Waals surface area contributed by atoms with Crippen molar-refractivity contribution in [3.8, 4) is 0 Å². The lowest BCUT2D eigenvalue weighted by Gasteiger charge is -2.11. The molecular formula is C8H16N4O2S. The van der Waals surface area contributed by atoms with E-state index in [0.717, 1.165) is 0 Å². The van der Waals surface area contributed by atoms with Crippen LogP contribution in [0.4, 0.5) is 5.95 Å². The molecule has 86 valence electrons. The molecule has 0 bridgehead atoms. The molecule has 1 rings (SSSR count). The second-order valence-electron chi connectivity index (χ2n) is 3.39. The van der Waals surface area contributed by atoms with Crippen LogP contribution >= 0.6 is 0 Å². The first-order valence-corrected chi connectivity index (χ1v) is 6.16. The Balaban J connectivity index is 2.44. The molecule has 1 aromatic rings. The maximum atomic E-state index is 11.4. The summed E-state index contributed by atoms with van der Waals surface area (Å²) in [6, 6.07) is 0. The van der Waals surface area contributed by atoms with Gasteiger partial charge in [0.15, 0.2) is 0 Å². The number of sulfonamides is 1. The third kappa shape index (κ3) is 3.21. The van der Waals surface area contributed by atoms with Crippen LogP contribution in [0.3, 0.4) is 0 Å². The number of hydrogen-bond donors (Lipinski definition) is 1. The number of rotatable bonds is 5. The van der Waals surface area contributed by atoms with Crippen LogP contribution in [0.15, 0.2) is 12.4 Å². The summed E-state index contributed by atoms with van der Waals surface area (Å²) in [6.07, 6.45) is 3.45. The number of aromatic nitrogens is 2. The average Bonchev–Trinajstić information content (AvgIpc) is 2.51. The Morgan fingerprint density at radius 1 is 1.53 bits per heavy atom. The van der Waals surface area contributed by atoms with Crippen LogP contribution in [-0.4, -0.2) is 48.7 Å². The van der Waals surface area contributed by atoms with Gasteiger partial charge in [0, 0.05) is 40.1 Å². The highest BCUT2D eigenvalue weighted by Gasteiger charge is 2.12. The van der Waals surface area contributed by atoms with Crippen molar-refractivity contribution in [3.05, 3.63) is 12.4 Å². The number of nitrogens with zero attached hydrogens (tertiary/aromatic N) is 3. The number of imidazole rings is 1. The summed E-state index contributed by atoms with van der Waals surface area (Å²) in [5.41, 5.74) is 0. The number of anilines is 1. The van der Waals surface area contributed by atoms with E-state index in [2.05, 4.69) is 10.3 Å². The Kier molecular flexibility index (Phi) is 3.70.